The molecule has 104 valence electrons. The van der Waals surface area contributed by atoms with Gasteiger partial charge in [0.05, 0.1) is 24.2 Å². The third-order valence-corrected chi connectivity index (χ3v) is 3.12. The SMILES string of the molecule is CC(O)c1cc([N+](=O)[O-])ccc1OC1CCOCC1. The zero-order valence-corrected chi connectivity index (χ0v) is 10.7. The van der Waals surface area contributed by atoms with Gasteiger partial charge in [0, 0.05) is 30.5 Å². The van der Waals surface area contributed by atoms with Crippen molar-refractivity contribution in [3.8, 4) is 5.75 Å². The fraction of sp³-hybridized carbons (Fsp3) is 0.538. The van der Waals surface area contributed by atoms with Crippen molar-refractivity contribution in [1.29, 1.82) is 0 Å². The van der Waals surface area contributed by atoms with Gasteiger partial charge in [0.1, 0.15) is 11.9 Å². The number of rotatable bonds is 4. The number of ether oxygens (including phenoxy) is 2. The summed E-state index contributed by atoms with van der Waals surface area (Å²) < 4.78 is 11.1. The number of non-ortho nitro benzene ring substituents is 1. The number of nitro benzene ring substituents is 1. The molecule has 1 heterocycles. The summed E-state index contributed by atoms with van der Waals surface area (Å²) in [5.41, 5.74) is 0.399. The van der Waals surface area contributed by atoms with Gasteiger partial charge in [-0.05, 0) is 13.0 Å². The lowest BCUT2D eigenvalue weighted by Crippen LogP contribution is -2.26. The summed E-state index contributed by atoms with van der Waals surface area (Å²) in [6, 6.07) is 4.30. The van der Waals surface area contributed by atoms with E-state index in [9.17, 15) is 15.2 Å². The Balaban J connectivity index is 2.20. The number of hydrogen-bond acceptors (Lipinski definition) is 5. The summed E-state index contributed by atoms with van der Waals surface area (Å²) in [6.07, 6.45) is 0.800. The molecule has 0 aromatic heterocycles. The Morgan fingerprint density at radius 2 is 2.16 bits per heavy atom. The van der Waals surface area contributed by atoms with Gasteiger partial charge < -0.3 is 14.6 Å². The predicted molar refractivity (Wildman–Crippen MR) is 68.2 cm³/mol. The Bertz CT molecular complexity index is 454. The van der Waals surface area contributed by atoms with Gasteiger partial charge in [0.2, 0.25) is 0 Å². The van der Waals surface area contributed by atoms with Crippen molar-refractivity contribution < 1.29 is 19.5 Å². The van der Waals surface area contributed by atoms with Crippen molar-refractivity contribution in [2.75, 3.05) is 13.2 Å². The lowest BCUT2D eigenvalue weighted by molar-refractivity contribution is -0.385. The van der Waals surface area contributed by atoms with Crippen molar-refractivity contribution in [3.05, 3.63) is 33.9 Å². The second-order valence-electron chi connectivity index (χ2n) is 4.58. The molecule has 19 heavy (non-hydrogen) atoms. The predicted octanol–water partition coefficient (Wildman–Crippen LogP) is 2.21. The third kappa shape index (κ3) is 3.42. The fourth-order valence-corrected chi connectivity index (χ4v) is 2.06. The van der Waals surface area contributed by atoms with E-state index in [1.807, 2.05) is 0 Å². The smallest absolute Gasteiger partial charge is 0.270 e. The highest BCUT2D eigenvalue weighted by Crippen LogP contribution is 2.31. The molecule has 6 nitrogen and oxygen atoms in total. The second-order valence-corrected chi connectivity index (χ2v) is 4.58. The maximum absolute atomic E-state index is 10.7. The topological polar surface area (TPSA) is 81.8 Å². The molecule has 2 rings (SSSR count). The summed E-state index contributed by atoms with van der Waals surface area (Å²) in [5.74, 6) is 0.507. The molecule has 1 aromatic rings. The summed E-state index contributed by atoms with van der Waals surface area (Å²) in [7, 11) is 0. The van der Waals surface area contributed by atoms with Crippen LogP contribution >= 0.6 is 0 Å². The van der Waals surface area contributed by atoms with E-state index in [1.165, 1.54) is 12.1 Å². The molecule has 0 saturated carbocycles. The van der Waals surface area contributed by atoms with Crippen LogP contribution in [0.25, 0.3) is 0 Å². The summed E-state index contributed by atoms with van der Waals surface area (Å²) in [6.45, 7) is 2.87. The van der Waals surface area contributed by atoms with Crippen molar-refractivity contribution in [2.45, 2.75) is 32.0 Å². The van der Waals surface area contributed by atoms with Crippen LogP contribution in [0.5, 0.6) is 5.75 Å². The van der Waals surface area contributed by atoms with Crippen LogP contribution in [0.1, 0.15) is 31.4 Å². The molecule has 1 fully saturated rings. The van der Waals surface area contributed by atoms with Crippen LogP contribution in [0.15, 0.2) is 18.2 Å². The lowest BCUT2D eigenvalue weighted by atomic mass is 10.1. The number of nitrogens with zero attached hydrogens (tertiary/aromatic N) is 1. The molecule has 1 aliphatic heterocycles. The summed E-state index contributed by atoms with van der Waals surface area (Å²) >= 11 is 0. The number of benzene rings is 1. The quantitative estimate of drug-likeness (QED) is 0.668. The lowest BCUT2D eigenvalue weighted by Gasteiger charge is -2.25. The van der Waals surface area contributed by atoms with E-state index in [0.29, 0.717) is 24.5 Å². The molecule has 1 unspecified atom stereocenters. The van der Waals surface area contributed by atoms with Gasteiger partial charge in [-0.25, -0.2) is 0 Å². The summed E-state index contributed by atoms with van der Waals surface area (Å²) in [5, 5.41) is 20.5. The zero-order chi connectivity index (χ0) is 13.8. The number of aliphatic hydroxyl groups is 1. The molecule has 0 amide bonds. The highest BCUT2D eigenvalue weighted by molar-refractivity contribution is 5.44. The molecule has 1 aromatic carbocycles. The average Bonchev–Trinajstić information content (AvgIpc) is 2.39. The van der Waals surface area contributed by atoms with Crippen LogP contribution in [0.2, 0.25) is 0 Å². The molecule has 0 radical (unpaired) electrons. The van der Waals surface area contributed by atoms with Gasteiger partial charge in [-0.1, -0.05) is 0 Å². The van der Waals surface area contributed by atoms with E-state index in [-0.39, 0.29) is 11.8 Å². The monoisotopic (exact) mass is 267 g/mol. The van der Waals surface area contributed by atoms with Crippen LogP contribution in [0, 0.1) is 10.1 Å². The van der Waals surface area contributed by atoms with E-state index >= 15 is 0 Å². The van der Waals surface area contributed by atoms with Gasteiger partial charge in [0.15, 0.2) is 0 Å². The van der Waals surface area contributed by atoms with Crippen LogP contribution < -0.4 is 4.74 Å². The molecule has 6 heteroatoms. The Hall–Kier alpha value is -1.66. The van der Waals surface area contributed by atoms with E-state index in [0.717, 1.165) is 12.8 Å². The van der Waals surface area contributed by atoms with Crippen LogP contribution in [-0.2, 0) is 4.74 Å². The average molecular weight is 267 g/mol. The fourth-order valence-electron chi connectivity index (χ4n) is 2.06. The minimum absolute atomic E-state index is 0.0349. The minimum atomic E-state index is -0.810. The first-order chi connectivity index (χ1) is 9.08. The number of nitro groups is 1. The molecule has 0 aliphatic carbocycles. The van der Waals surface area contributed by atoms with Gasteiger partial charge >= 0.3 is 0 Å². The zero-order valence-electron chi connectivity index (χ0n) is 10.7. The molecule has 1 aliphatic rings. The standard InChI is InChI=1S/C13H17NO5/c1-9(15)12-8-10(14(16)17)2-3-13(12)19-11-4-6-18-7-5-11/h2-3,8-9,11,15H,4-7H2,1H3. The molecule has 1 atom stereocenters. The number of aliphatic hydroxyl groups excluding tert-OH is 1. The van der Waals surface area contributed by atoms with E-state index < -0.39 is 11.0 Å². The molecular formula is C13H17NO5. The highest BCUT2D eigenvalue weighted by atomic mass is 16.6. The van der Waals surface area contributed by atoms with Crippen molar-refractivity contribution in [2.24, 2.45) is 0 Å². The first kappa shape index (κ1) is 13.8. The largest absolute Gasteiger partial charge is 0.490 e. The van der Waals surface area contributed by atoms with Crippen molar-refractivity contribution >= 4 is 5.69 Å². The van der Waals surface area contributed by atoms with Gasteiger partial charge in [-0.15, -0.1) is 0 Å². The van der Waals surface area contributed by atoms with Gasteiger partial charge in [-0.3, -0.25) is 10.1 Å². The van der Waals surface area contributed by atoms with E-state index in [4.69, 9.17) is 9.47 Å². The summed E-state index contributed by atoms with van der Waals surface area (Å²) in [4.78, 5) is 10.3. The van der Waals surface area contributed by atoms with E-state index in [1.54, 1.807) is 13.0 Å². The maximum atomic E-state index is 10.7. The molecule has 1 saturated heterocycles. The van der Waals surface area contributed by atoms with Gasteiger partial charge in [0.25, 0.3) is 5.69 Å². The van der Waals surface area contributed by atoms with Crippen LogP contribution in [-0.4, -0.2) is 29.3 Å². The van der Waals surface area contributed by atoms with E-state index in [2.05, 4.69) is 0 Å². The first-order valence-electron chi connectivity index (χ1n) is 6.28. The number of hydrogen-bond donors (Lipinski definition) is 1. The van der Waals surface area contributed by atoms with Crippen molar-refractivity contribution in [3.63, 3.8) is 0 Å². The maximum Gasteiger partial charge on any atom is 0.270 e. The van der Waals surface area contributed by atoms with Crippen LogP contribution in [0.4, 0.5) is 5.69 Å². The third-order valence-electron chi connectivity index (χ3n) is 3.12. The van der Waals surface area contributed by atoms with Crippen LogP contribution in [0.3, 0.4) is 0 Å². The first-order valence-corrected chi connectivity index (χ1v) is 6.28. The Morgan fingerprint density at radius 1 is 1.47 bits per heavy atom. The second kappa shape index (κ2) is 5.99. The molecule has 0 bridgehead atoms. The Morgan fingerprint density at radius 3 is 2.74 bits per heavy atom. The Labute approximate surface area is 111 Å². The Kier molecular flexibility index (Phi) is 4.34. The highest BCUT2D eigenvalue weighted by Gasteiger charge is 2.20. The molecular weight excluding hydrogens is 250 g/mol. The van der Waals surface area contributed by atoms with Gasteiger partial charge in [-0.2, -0.15) is 0 Å². The minimum Gasteiger partial charge on any atom is -0.490 e. The molecule has 1 N–H and O–H groups in total. The van der Waals surface area contributed by atoms with Crippen molar-refractivity contribution in [1.82, 2.24) is 0 Å². The molecule has 0 spiro atoms. The normalized spacial score (nSPS) is 18.0.